The smallest absolute Gasteiger partial charge is 0.228 e. The van der Waals surface area contributed by atoms with Crippen LogP contribution in [-0.4, -0.2) is 42.9 Å². The monoisotopic (exact) mass is 379 g/mol. The number of carbonyl (C=O) groups excluding carboxylic acids is 2. The van der Waals surface area contributed by atoms with Crippen LogP contribution in [0.4, 0.5) is 11.4 Å². The van der Waals surface area contributed by atoms with Crippen molar-refractivity contribution in [3.8, 4) is 0 Å². The number of rotatable bonds is 4. The van der Waals surface area contributed by atoms with E-state index >= 15 is 0 Å². The number of amides is 2. The number of likely N-dealkylation sites (tertiary alicyclic amines) is 1. The summed E-state index contributed by atoms with van der Waals surface area (Å²) >= 11 is 3.48. The quantitative estimate of drug-likeness (QED) is 0.874. The van der Waals surface area contributed by atoms with Gasteiger partial charge in [-0.2, -0.15) is 0 Å². The summed E-state index contributed by atoms with van der Waals surface area (Å²) in [6, 6.07) is 3.90. The molecule has 2 heterocycles. The largest absolute Gasteiger partial charge is 0.324 e. The average molecular weight is 380 g/mol. The van der Waals surface area contributed by atoms with E-state index in [0.29, 0.717) is 18.7 Å². The molecule has 0 spiro atoms. The summed E-state index contributed by atoms with van der Waals surface area (Å²) in [5.41, 5.74) is 2.70. The van der Waals surface area contributed by atoms with Gasteiger partial charge in [-0.1, -0.05) is 15.9 Å². The van der Waals surface area contributed by atoms with Gasteiger partial charge in [0.15, 0.2) is 0 Å². The Bertz CT molecular complexity index is 627. The van der Waals surface area contributed by atoms with E-state index in [9.17, 15) is 9.59 Å². The van der Waals surface area contributed by atoms with E-state index in [-0.39, 0.29) is 11.8 Å². The van der Waals surface area contributed by atoms with E-state index in [1.165, 1.54) is 19.8 Å². The fraction of sp³-hybridized carbons (Fsp3) is 0.529. The van der Waals surface area contributed by atoms with Crippen LogP contribution in [-0.2, 0) is 16.0 Å². The van der Waals surface area contributed by atoms with Crippen LogP contribution < -0.4 is 10.2 Å². The molecule has 0 unspecified atom stereocenters. The van der Waals surface area contributed by atoms with Gasteiger partial charge >= 0.3 is 0 Å². The predicted octanol–water partition coefficient (Wildman–Crippen LogP) is 2.78. The van der Waals surface area contributed by atoms with E-state index in [2.05, 4.69) is 26.1 Å². The first-order valence-electron chi connectivity index (χ1n) is 8.17. The molecule has 0 atom stereocenters. The molecule has 2 aliphatic rings. The number of halogens is 1. The number of fused-ring (bicyclic) bond motifs is 1. The molecule has 0 aliphatic carbocycles. The second-order valence-corrected chi connectivity index (χ2v) is 7.15. The van der Waals surface area contributed by atoms with Gasteiger partial charge in [0.1, 0.15) is 0 Å². The van der Waals surface area contributed by atoms with Crippen molar-refractivity contribution >= 4 is 39.1 Å². The molecule has 1 N–H and O–H groups in total. The van der Waals surface area contributed by atoms with Gasteiger partial charge in [0.2, 0.25) is 11.8 Å². The van der Waals surface area contributed by atoms with Crippen molar-refractivity contribution in [2.75, 3.05) is 36.4 Å². The number of hydrogen-bond donors (Lipinski definition) is 1. The van der Waals surface area contributed by atoms with E-state index in [0.717, 1.165) is 41.8 Å². The lowest BCUT2D eigenvalue weighted by Crippen LogP contribution is -2.33. The van der Waals surface area contributed by atoms with E-state index < -0.39 is 0 Å². The minimum Gasteiger partial charge on any atom is -0.324 e. The molecular weight excluding hydrogens is 358 g/mol. The van der Waals surface area contributed by atoms with Gasteiger partial charge in [0.25, 0.3) is 0 Å². The van der Waals surface area contributed by atoms with Crippen molar-refractivity contribution in [1.29, 1.82) is 0 Å². The van der Waals surface area contributed by atoms with Crippen molar-refractivity contribution in [3.63, 3.8) is 0 Å². The van der Waals surface area contributed by atoms with Gasteiger partial charge in [-0.15, -0.1) is 0 Å². The van der Waals surface area contributed by atoms with Crippen LogP contribution >= 0.6 is 15.9 Å². The fourth-order valence-corrected chi connectivity index (χ4v) is 3.94. The Hall–Kier alpha value is -1.40. The van der Waals surface area contributed by atoms with E-state index in [1.54, 1.807) is 0 Å². The van der Waals surface area contributed by atoms with Crippen LogP contribution in [0, 0.1) is 0 Å². The Morgan fingerprint density at radius 1 is 1.22 bits per heavy atom. The molecule has 1 saturated heterocycles. The Morgan fingerprint density at radius 2 is 1.96 bits per heavy atom. The number of nitrogens with zero attached hydrogens (tertiary/aromatic N) is 2. The van der Waals surface area contributed by atoms with Gasteiger partial charge in [0, 0.05) is 30.9 Å². The van der Waals surface area contributed by atoms with Crippen molar-refractivity contribution in [1.82, 2.24) is 4.90 Å². The summed E-state index contributed by atoms with van der Waals surface area (Å²) in [5.74, 6) is 0.0197. The van der Waals surface area contributed by atoms with E-state index in [1.807, 2.05) is 17.0 Å². The minimum atomic E-state index is -0.123. The SMILES string of the molecule is CC(=O)Nc1cc(Br)cc2c1N(C(=O)CCN1CCCC1)CC2. The normalized spacial score (nSPS) is 17.4. The highest BCUT2D eigenvalue weighted by Gasteiger charge is 2.28. The molecule has 6 heteroatoms. The average Bonchev–Trinajstić information content (AvgIpc) is 3.13. The zero-order chi connectivity index (χ0) is 16.4. The summed E-state index contributed by atoms with van der Waals surface area (Å²) in [6.07, 6.45) is 3.84. The highest BCUT2D eigenvalue weighted by atomic mass is 79.9. The fourth-order valence-electron chi connectivity index (χ4n) is 3.44. The summed E-state index contributed by atoms with van der Waals surface area (Å²) in [5, 5.41) is 2.85. The van der Waals surface area contributed by atoms with Crippen molar-refractivity contribution in [2.24, 2.45) is 0 Å². The molecule has 2 amide bonds. The Labute approximate surface area is 145 Å². The lowest BCUT2D eigenvalue weighted by molar-refractivity contribution is -0.119. The molecule has 3 rings (SSSR count). The molecule has 124 valence electrons. The number of carbonyl (C=O) groups is 2. The molecule has 1 aromatic rings. The minimum absolute atomic E-state index is 0.123. The first-order chi connectivity index (χ1) is 11.0. The van der Waals surface area contributed by atoms with Gasteiger partial charge in [-0.3, -0.25) is 9.59 Å². The first kappa shape index (κ1) is 16.5. The third kappa shape index (κ3) is 3.75. The van der Waals surface area contributed by atoms with Gasteiger partial charge in [0.05, 0.1) is 11.4 Å². The Kier molecular flexibility index (Phi) is 5.02. The predicted molar refractivity (Wildman–Crippen MR) is 94.8 cm³/mol. The number of hydrogen-bond acceptors (Lipinski definition) is 3. The Balaban J connectivity index is 1.76. The lowest BCUT2D eigenvalue weighted by Gasteiger charge is -2.22. The molecule has 1 aromatic carbocycles. The summed E-state index contributed by atoms with van der Waals surface area (Å²) in [4.78, 5) is 28.3. The maximum atomic E-state index is 12.7. The lowest BCUT2D eigenvalue weighted by atomic mass is 10.1. The zero-order valence-electron chi connectivity index (χ0n) is 13.4. The number of nitrogens with one attached hydrogen (secondary N) is 1. The summed E-state index contributed by atoms with van der Waals surface area (Å²) < 4.78 is 0.923. The molecule has 0 saturated carbocycles. The maximum absolute atomic E-state index is 12.7. The molecule has 23 heavy (non-hydrogen) atoms. The van der Waals surface area contributed by atoms with Crippen molar-refractivity contribution in [2.45, 2.75) is 32.6 Å². The van der Waals surface area contributed by atoms with Crippen LogP contribution in [0.1, 0.15) is 31.7 Å². The third-order valence-electron chi connectivity index (χ3n) is 4.48. The van der Waals surface area contributed by atoms with Crippen molar-refractivity contribution in [3.05, 3.63) is 22.2 Å². The second kappa shape index (κ2) is 7.01. The van der Waals surface area contributed by atoms with E-state index in [4.69, 9.17) is 0 Å². The van der Waals surface area contributed by atoms with Crippen LogP contribution in [0.3, 0.4) is 0 Å². The van der Waals surface area contributed by atoms with Gasteiger partial charge in [-0.25, -0.2) is 0 Å². The molecule has 1 fully saturated rings. The van der Waals surface area contributed by atoms with Gasteiger partial charge < -0.3 is 15.1 Å². The molecule has 0 bridgehead atoms. The third-order valence-corrected chi connectivity index (χ3v) is 4.94. The maximum Gasteiger partial charge on any atom is 0.228 e. The molecular formula is C17H22BrN3O2. The molecule has 5 nitrogen and oxygen atoms in total. The number of anilines is 2. The Morgan fingerprint density at radius 3 is 2.65 bits per heavy atom. The molecule has 2 aliphatic heterocycles. The summed E-state index contributed by atoms with van der Waals surface area (Å²) in [6.45, 7) is 5.22. The zero-order valence-corrected chi connectivity index (χ0v) is 15.0. The number of benzene rings is 1. The van der Waals surface area contributed by atoms with Crippen LogP contribution in [0.5, 0.6) is 0 Å². The standard InChI is InChI=1S/C17H22BrN3O2/c1-12(22)19-15-11-14(18)10-13-4-9-21(17(13)15)16(23)5-8-20-6-2-3-7-20/h10-11H,2-9H2,1H3,(H,19,22). The van der Waals surface area contributed by atoms with Crippen LogP contribution in [0.15, 0.2) is 16.6 Å². The molecule has 0 aromatic heterocycles. The molecule has 0 radical (unpaired) electrons. The topological polar surface area (TPSA) is 52.7 Å². The second-order valence-electron chi connectivity index (χ2n) is 6.24. The van der Waals surface area contributed by atoms with Gasteiger partial charge in [-0.05, 0) is 50.0 Å². The first-order valence-corrected chi connectivity index (χ1v) is 8.96. The summed E-state index contributed by atoms with van der Waals surface area (Å²) in [7, 11) is 0. The van der Waals surface area contributed by atoms with Crippen LogP contribution in [0.2, 0.25) is 0 Å². The van der Waals surface area contributed by atoms with Crippen molar-refractivity contribution < 1.29 is 9.59 Å². The van der Waals surface area contributed by atoms with Crippen LogP contribution in [0.25, 0.3) is 0 Å². The highest BCUT2D eigenvalue weighted by molar-refractivity contribution is 9.10. The highest BCUT2D eigenvalue weighted by Crippen LogP contribution is 2.38.